The van der Waals surface area contributed by atoms with Crippen LogP contribution in [-0.4, -0.2) is 41.3 Å². The molecule has 0 spiro atoms. The van der Waals surface area contributed by atoms with Gasteiger partial charge < -0.3 is 20.9 Å². The molecule has 2 fully saturated rings. The Balaban J connectivity index is 1.42. The van der Waals surface area contributed by atoms with Crippen molar-refractivity contribution in [3.8, 4) is 6.07 Å². The van der Waals surface area contributed by atoms with E-state index in [1.807, 2.05) is 0 Å². The number of nitriles is 1. The van der Waals surface area contributed by atoms with E-state index < -0.39 is 23.9 Å². The van der Waals surface area contributed by atoms with Crippen LogP contribution in [0.1, 0.15) is 49.0 Å². The van der Waals surface area contributed by atoms with Crippen LogP contribution in [0.5, 0.6) is 0 Å². The number of carbonyl (C=O) groups is 3. The fourth-order valence-corrected chi connectivity index (χ4v) is 4.32. The Morgan fingerprint density at radius 3 is 2.72 bits per heavy atom. The number of H-pyrrole nitrogens is 1. The van der Waals surface area contributed by atoms with Crippen molar-refractivity contribution in [2.75, 3.05) is 6.54 Å². The minimum Gasteiger partial charge on any atom is -0.356 e. The molecule has 4 rings (SSSR count). The van der Waals surface area contributed by atoms with Gasteiger partial charge in [0.25, 0.3) is 5.91 Å². The van der Waals surface area contributed by atoms with Crippen LogP contribution in [0.3, 0.4) is 0 Å². The lowest BCUT2D eigenvalue weighted by molar-refractivity contribution is -0.128. The molecule has 1 aliphatic carbocycles. The number of amides is 3. The second kappa shape index (κ2) is 9.61. The Morgan fingerprint density at radius 1 is 1.19 bits per heavy atom. The standard InChI is InChI=1S/C23H26ClN5O3/c24-16-5-6-18-15(9-16)11-20(28-18)23(32)29-19(8-13-3-4-13)22(31)27-17(12-25)10-14-2-1-7-26-21(14)30/h5-6,9,11,13-14,17,19,28H,1-4,7-8,10H2,(H,26,30)(H,27,31)(H,29,32). The summed E-state index contributed by atoms with van der Waals surface area (Å²) in [6.45, 7) is 0.647. The third-order valence-corrected chi connectivity index (χ3v) is 6.34. The van der Waals surface area contributed by atoms with Crippen LogP contribution in [0.4, 0.5) is 0 Å². The van der Waals surface area contributed by atoms with Crippen molar-refractivity contribution in [3.05, 3.63) is 35.0 Å². The highest BCUT2D eigenvalue weighted by molar-refractivity contribution is 6.31. The second-order valence-corrected chi connectivity index (χ2v) is 9.11. The minimum absolute atomic E-state index is 0.0764. The Hall–Kier alpha value is -3.05. The highest BCUT2D eigenvalue weighted by Crippen LogP contribution is 2.33. The predicted molar refractivity (Wildman–Crippen MR) is 120 cm³/mol. The van der Waals surface area contributed by atoms with Crippen LogP contribution in [-0.2, 0) is 9.59 Å². The van der Waals surface area contributed by atoms with Gasteiger partial charge in [0.1, 0.15) is 17.8 Å². The molecule has 1 aliphatic heterocycles. The molecule has 1 aromatic heterocycles. The van der Waals surface area contributed by atoms with E-state index in [-0.39, 0.29) is 18.2 Å². The van der Waals surface area contributed by atoms with E-state index in [4.69, 9.17) is 11.6 Å². The smallest absolute Gasteiger partial charge is 0.268 e. The highest BCUT2D eigenvalue weighted by Gasteiger charge is 2.33. The molecule has 3 amide bonds. The van der Waals surface area contributed by atoms with E-state index in [9.17, 15) is 19.6 Å². The zero-order valence-electron chi connectivity index (χ0n) is 17.6. The molecular weight excluding hydrogens is 430 g/mol. The van der Waals surface area contributed by atoms with E-state index in [0.29, 0.717) is 36.0 Å². The molecule has 2 heterocycles. The maximum Gasteiger partial charge on any atom is 0.268 e. The maximum absolute atomic E-state index is 13.0. The molecule has 1 saturated heterocycles. The summed E-state index contributed by atoms with van der Waals surface area (Å²) in [5.41, 5.74) is 1.12. The maximum atomic E-state index is 13.0. The summed E-state index contributed by atoms with van der Waals surface area (Å²) in [6, 6.07) is 7.54. The average molecular weight is 456 g/mol. The molecule has 3 atom stereocenters. The number of piperidine rings is 1. The summed E-state index contributed by atoms with van der Waals surface area (Å²) in [6.07, 6.45) is 4.39. The number of carbonyl (C=O) groups excluding carboxylic acids is 3. The van der Waals surface area contributed by atoms with E-state index in [1.54, 1.807) is 24.3 Å². The van der Waals surface area contributed by atoms with Gasteiger partial charge in [-0.2, -0.15) is 5.26 Å². The van der Waals surface area contributed by atoms with Crippen molar-refractivity contribution in [1.82, 2.24) is 20.9 Å². The molecule has 2 aromatic rings. The van der Waals surface area contributed by atoms with E-state index >= 15 is 0 Å². The Morgan fingerprint density at radius 2 is 2.00 bits per heavy atom. The van der Waals surface area contributed by atoms with E-state index in [0.717, 1.165) is 30.2 Å². The average Bonchev–Trinajstić information content (AvgIpc) is 3.49. The fourth-order valence-electron chi connectivity index (χ4n) is 4.14. The van der Waals surface area contributed by atoms with Crippen LogP contribution in [0.15, 0.2) is 24.3 Å². The second-order valence-electron chi connectivity index (χ2n) is 8.68. The normalized spacial score (nSPS) is 20.1. The zero-order chi connectivity index (χ0) is 22.7. The summed E-state index contributed by atoms with van der Waals surface area (Å²) in [5.74, 6) is -0.765. The molecular formula is C23H26ClN5O3. The SMILES string of the molecule is N#CC(CC1CCCNC1=O)NC(=O)C(CC1CC1)NC(=O)c1cc2cc(Cl)ccc2[nH]1. The van der Waals surface area contributed by atoms with Crippen molar-refractivity contribution in [2.24, 2.45) is 11.8 Å². The van der Waals surface area contributed by atoms with Gasteiger partial charge in [0.15, 0.2) is 0 Å². The number of hydrogen-bond donors (Lipinski definition) is 4. The first kappa shape index (κ1) is 22.2. The number of hydrogen-bond acceptors (Lipinski definition) is 4. The number of aromatic nitrogens is 1. The number of rotatable bonds is 8. The van der Waals surface area contributed by atoms with Gasteiger partial charge in [0, 0.05) is 28.4 Å². The molecule has 168 valence electrons. The first-order valence-corrected chi connectivity index (χ1v) is 11.4. The van der Waals surface area contributed by atoms with Gasteiger partial charge >= 0.3 is 0 Å². The van der Waals surface area contributed by atoms with Crippen LogP contribution in [0.2, 0.25) is 5.02 Å². The van der Waals surface area contributed by atoms with Crippen LogP contribution in [0.25, 0.3) is 10.9 Å². The Bertz CT molecular complexity index is 1070. The Labute approximate surface area is 191 Å². The molecule has 2 aliphatic rings. The van der Waals surface area contributed by atoms with Gasteiger partial charge in [-0.3, -0.25) is 14.4 Å². The van der Waals surface area contributed by atoms with Gasteiger partial charge in [0.2, 0.25) is 11.8 Å². The van der Waals surface area contributed by atoms with Gasteiger partial charge in [-0.25, -0.2) is 0 Å². The van der Waals surface area contributed by atoms with E-state index in [2.05, 4.69) is 27.0 Å². The van der Waals surface area contributed by atoms with Crippen LogP contribution >= 0.6 is 11.6 Å². The molecule has 1 saturated carbocycles. The molecule has 4 N–H and O–H groups in total. The molecule has 32 heavy (non-hydrogen) atoms. The lowest BCUT2D eigenvalue weighted by Gasteiger charge is -2.25. The van der Waals surface area contributed by atoms with E-state index in [1.165, 1.54) is 0 Å². The van der Waals surface area contributed by atoms with Gasteiger partial charge in [-0.05, 0) is 55.9 Å². The predicted octanol–water partition coefficient (Wildman–Crippen LogP) is 2.64. The van der Waals surface area contributed by atoms with Gasteiger partial charge in [-0.15, -0.1) is 0 Å². The molecule has 9 heteroatoms. The third-order valence-electron chi connectivity index (χ3n) is 6.11. The van der Waals surface area contributed by atoms with Crippen molar-refractivity contribution < 1.29 is 14.4 Å². The largest absolute Gasteiger partial charge is 0.356 e. The number of nitrogens with zero attached hydrogens (tertiary/aromatic N) is 1. The molecule has 3 unspecified atom stereocenters. The lowest BCUT2D eigenvalue weighted by Crippen LogP contribution is -2.50. The molecule has 0 radical (unpaired) electrons. The van der Waals surface area contributed by atoms with Gasteiger partial charge in [-0.1, -0.05) is 24.4 Å². The van der Waals surface area contributed by atoms with Crippen molar-refractivity contribution in [3.63, 3.8) is 0 Å². The van der Waals surface area contributed by atoms with Crippen molar-refractivity contribution in [1.29, 1.82) is 5.26 Å². The summed E-state index contributed by atoms with van der Waals surface area (Å²) in [4.78, 5) is 40.9. The number of aromatic amines is 1. The first-order valence-electron chi connectivity index (χ1n) is 11.0. The van der Waals surface area contributed by atoms with Crippen LogP contribution < -0.4 is 16.0 Å². The zero-order valence-corrected chi connectivity index (χ0v) is 18.4. The number of fused-ring (bicyclic) bond motifs is 1. The number of nitrogens with one attached hydrogen (secondary N) is 4. The number of benzene rings is 1. The minimum atomic E-state index is -0.787. The fraction of sp³-hybridized carbons (Fsp3) is 0.478. The van der Waals surface area contributed by atoms with Crippen molar-refractivity contribution >= 4 is 40.2 Å². The number of halogens is 1. The molecule has 1 aromatic carbocycles. The lowest BCUT2D eigenvalue weighted by atomic mass is 9.92. The van der Waals surface area contributed by atoms with Crippen molar-refractivity contribution in [2.45, 2.75) is 50.6 Å². The summed E-state index contributed by atoms with van der Waals surface area (Å²) >= 11 is 6.02. The summed E-state index contributed by atoms with van der Waals surface area (Å²) in [7, 11) is 0. The summed E-state index contributed by atoms with van der Waals surface area (Å²) in [5, 5.41) is 19.3. The first-order chi connectivity index (χ1) is 15.4. The van der Waals surface area contributed by atoms with Gasteiger partial charge in [0.05, 0.1) is 6.07 Å². The highest BCUT2D eigenvalue weighted by atomic mass is 35.5. The Kier molecular flexibility index (Phi) is 6.66. The van der Waals surface area contributed by atoms with Crippen LogP contribution in [0, 0.1) is 23.2 Å². The monoisotopic (exact) mass is 455 g/mol. The molecule has 0 bridgehead atoms. The quantitative estimate of drug-likeness (QED) is 0.488. The molecule has 8 nitrogen and oxygen atoms in total. The summed E-state index contributed by atoms with van der Waals surface area (Å²) < 4.78 is 0. The third kappa shape index (κ3) is 5.40. The topological polar surface area (TPSA) is 127 Å².